The van der Waals surface area contributed by atoms with Crippen molar-refractivity contribution in [2.45, 2.75) is 5.66 Å². The molecule has 9 nitrogen and oxygen atoms in total. The van der Waals surface area contributed by atoms with Crippen LogP contribution in [-0.4, -0.2) is 47.0 Å². The maximum atomic E-state index is 15.0. The molecule has 1 aromatic carbocycles. The number of pyridine rings is 1. The molecule has 1 atom stereocenters. The molecular weight excluding hydrogens is 399 g/mol. The normalized spacial score (nSPS) is 21.4. The summed E-state index contributed by atoms with van der Waals surface area (Å²) in [6.07, 6.45) is 5.13. The molecule has 10 heteroatoms. The summed E-state index contributed by atoms with van der Waals surface area (Å²) in [5.74, 6) is 0.991. The molecule has 0 bridgehead atoms. The minimum atomic E-state index is -1.29. The lowest BCUT2D eigenvalue weighted by Crippen LogP contribution is -2.52. The van der Waals surface area contributed by atoms with Crippen molar-refractivity contribution in [1.29, 1.82) is 0 Å². The summed E-state index contributed by atoms with van der Waals surface area (Å²) in [4.78, 5) is 13.7. The van der Waals surface area contributed by atoms with Gasteiger partial charge < -0.3 is 31.0 Å². The predicted molar refractivity (Wildman–Crippen MR) is 116 cm³/mol. The zero-order valence-corrected chi connectivity index (χ0v) is 16.7. The van der Waals surface area contributed by atoms with Crippen LogP contribution in [-0.2, 0) is 5.66 Å². The van der Waals surface area contributed by atoms with Crippen LogP contribution in [0.15, 0.2) is 59.6 Å². The molecule has 2 aromatic heterocycles. The molecule has 4 heterocycles. The highest BCUT2D eigenvalue weighted by Crippen LogP contribution is 2.33. The van der Waals surface area contributed by atoms with Crippen molar-refractivity contribution >= 4 is 17.0 Å². The average Bonchev–Trinajstić information content (AvgIpc) is 3.25. The Balaban J connectivity index is 1.45. The number of hydrogen-bond acceptors (Lipinski definition) is 8. The fourth-order valence-electron chi connectivity index (χ4n) is 3.83. The Morgan fingerprint density at radius 3 is 2.77 bits per heavy atom. The molecule has 1 fully saturated rings. The van der Waals surface area contributed by atoms with Crippen molar-refractivity contribution in [2.24, 2.45) is 16.5 Å². The number of nitrogens with two attached hydrogens (primary N) is 2. The molecule has 3 aromatic rings. The van der Waals surface area contributed by atoms with Crippen LogP contribution in [0, 0.1) is 5.82 Å². The number of fused-ring (bicyclic) bond motifs is 1. The van der Waals surface area contributed by atoms with Crippen LogP contribution in [0.4, 0.5) is 4.39 Å². The number of nitrogens with one attached hydrogen (secondary N) is 3. The van der Waals surface area contributed by atoms with Gasteiger partial charge in [-0.2, -0.15) is 0 Å². The molecule has 0 radical (unpaired) electrons. The van der Waals surface area contributed by atoms with E-state index in [0.29, 0.717) is 17.0 Å². The fraction of sp³-hybridized carbons (Fsp3) is 0.238. The maximum Gasteiger partial charge on any atom is 0.196 e. The summed E-state index contributed by atoms with van der Waals surface area (Å²) in [5, 5.41) is 7.13. The van der Waals surface area contributed by atoms with E-state index in [1.807, 2.05) is 6.07 Å². The summed E-state index contributed by atoms with van der Waals surface area (Å²) in [7, 11) is 0. The highest BCUT2D eigenvalue weighted by molar-refractivity contribution is 5.83. The first-order valence-electron chi connectivity index (χ1n) is 10.0. The first-order valence-corrected chi connectivity index (χ1v) is 10.0. The highest BCUT2D eigenvalue weighted by Gasteiger charge is 2.32. The fourth-order valence-corrected chi connectivity index (χ4v) is 3.83. The first-order chi connectivity index (χ1) is 15.0. The number of hydrogen-bond donors (Lipinski definition) is 5. The first kappa shape index (κ1) is 19.3. The van der Waals surface area contributed by atoms with Gasteiger partial charge in [0.2, 0.25) is 0 Å². The number of halogens is 1. The number of H-pyrrole nitrogens is 1. The van der Waals surface area contributed by atoms with Crippen molar-refractivity contribution in [3.05, 3.63) is 66.0 Å². The topological polar surface area (TPSA) is 130 Å². The quantitative estimate of drug-likeness (QED) is 0.428. The van der Waals surface area contributed by atoms with Crippen LogP contribution in [0.2, 0.25) is 0 Å². The van der Waals surface area contributed by atoms with Gasteiger partial charge in [-0.3, -0.25) is 5.73 Å². The van der Waals surface area contributed by atoms with E-state index in [0.717, 1.165) is 37.4 Å². The lowest BCUT2D eigenvalue weighted by molar-refractivity contribution is 0.282. The molecule has 5 rings (SSSR count). The number of aliphatic imine (C=N–C) groups is 1. The molecule has 31 heavy (non-hydrogen) atoms. The zero-order chi connectivity index (χ0) is 21.4. The third kappa shape index (κ3) is 3.66. The Bertz CT molecular complexity index is 1180. The molecule has 0 saturated carbocycles. The van der Waals surface area contributed by atoms with E-state index in [1.54, 1.807) is 36.7 Å². The van der Waals surface area contributed by atoms with E-state index < -0.39 is 11.5 Å². The highest BCUT2D eigenvalue weighted by atomic mass is 19.1. The van der Waals surface area contributed by atoms with Gasteiger partial charge in [0.1, 0.15) is 17.2 Å². The summed E-state index contributed by atoms with van der Waals surface area (Å²) < 4.78 is 20.8. The molecule has 2 aliphatic rings. The van der Waals surface area contributed by atoms with Crippen LogP contribution in [0.5, 0.6) is 11.5 Å². The predicted octanol–water partition coefficient (Wildman–Crippen LogP) is 1.27. The van der Waals surface area contributed by atoms with Gasteiger partial charge >= 0.3 is 0 Å². The number of benzene rings is 1. The van der Waals surface area contributed by atoms with E-state index in [4.69, 9.17) is 16.2 Å². The largest absolute Gasteiger partial charge is 0.453 e. The smallest absolute Gasteiger partial charge is 0.196 e. The van der Waals surface area contributed by atoms with Crippen molar-refractivity contribution in [1.82, 2.24) is 25.5 Å². The maximum absolute atomic E-state index is 15.0. The minimum Gasteiger partial charge on any atom is -0.453 e. The monoisotopic (exact) mass is 422 g/mol. The second-order valence-electron chi connectivity index (χ2n) is 7.51. The molecule has 0 amide bonds. The van der Waals surface area contributed by atoms with Gasteiger partial charge in [0.05, 0.1) is 5.39 Å². The van der Waals surface area contributed by atoms with E-state index in [1.165, 1.54) is 6.07 Å². The van der Waals surface area contributed by atoms with E-state index in [9.17, 15) is 4.39 Å². The van der Waals surface area contributed by atoms with E-state index in [2.05, 4.69) is 30.5 Å². The summed E-state index contributed by atoms with van der Waals surface area (Å²) in [5.41, 5.74) is 12.4. The lowest BCUT2D eigenvalue weighted by atomic mass is 9.99. The van der Waals surface area contributed by atoms with Crippen LogP contribution in [0.3, 0.4) is 0 Å². The Kier molecular flexibility index (Phi) is 4.72. The Morgan fingerprint density at radius 2 is 1.97 bits per heavy atom. The van der Waals surface area contributed by atoms with Gasteiger partial charge in [-0.05, 0) is 24.3 Å². The Labute approximate surface area is 178 Å². The number of rotatable bonds is 4. The minimum absolute atomic E-state index is 0.0817. The van der Waals surface area contributed by atoms with Gasteiger partial charge in [-0.15, -0.1) is 0 Å². The van der Waals surface area contributed by atoms with Crippen molar-refractivity contribution < 1.29 is 9.13 Å². The SMILES string of the molecule is NC1=NC(N)(c2ccc(Oc3ccnc4[nH]ccc34)c(F)c2)C=C(N2CCNCC2)N1. The number of nitrogens with zero attached hydrogens (tertiary/aromatic N) is 3. The molecule has 0 aliphatic carbocycles. The van der Waals surface area contributed by atoms with Gasteiger partial charge in [-0.25, -0.2) is 14.4 Å². The van der Waals surface area contributed by atoms with E-state index >= 15 is 0 Å². The molecule has 1 unspecified atom stereocenters. The van der Waals surface area contributed by atoms with Crippen LogP contribution in [0.25, 0.3) is 11.0 Å². The molecule has 7 N–H and O–H groups in total. The standard InChI is InChI=1S/C21H23FN8O/c22-15-11-13(1-2-17(15)31-16-4-6-27-19-14(16)3-5-26-19)21(24)12-18(28-20(23)29-21)30-9-7-25-8-10-30/h1-6,11-12,25H,7-10,24H2,(H,26,27)(H3,23,28,29). The van der Waals surface area contributed by atoms with Crippen molar-refractivity contribution in [2.75, 3.05) is 26.2 Å². The number of piperazine rings is 1. The van der Waals surface area contributed by atoms with Crippen LogP contribution >= 0.6 is 0 Å². The third-order valence-electron chi connectivity index (χ3n) is 5.41. The molecule has 1 saturated heterocycles. The van der Waals surface area contributed by atoms with Gasteiger partial charge in [0, 0.05) is 50.2 Å². The molecular formula is C21H23FN8O. The second-order valence-corrected chi connectivity index (χ2v) is 7.51. The number of aromatic amines is 1. The van der Waals surface area contributed by atoms with Gasteiger partial charge in [-0.1, -0.05) is 6.07 Å². The molecule has 2 aliphatic heterocycles. The third-order valence-corrected chi connectivity index (χ3v) is 5.41. The molecule has 160 valence electrons. The van der Waals surface area contributed by atoms with Gasteiger partial charge in [0.25, 0.3) is 0 Å². The summed E-state index contributed by atoms with van der Waals surface area (Å²) in [6, 6.07) is 8.09. The lowest BCUT2D eigenvalue weighted by Gasteiger charge is -2.36. The Hall–Kier alpha value is -3.63. The second kappa shape index (κ2) is 7.56. The zero-order valence-electron chi connectivity index (χ0n) is 16.7. The number of guanidine groups is 1. The van der Waals surface area contributed by atoms with Crippen molar-refractivity contribution in [3.63, 3.8) is 0 Å². The van der Waals surface area contributed by atoms with E-state index in [-0.39, 0.29) is 11.7 Å². The summed E-state index contributed by atoms with van der Waals surface area (Å²) >= 11 is 0. The average molecular weight is 422 g/mol. The molecule has 0 spiro atoms. The van der Waals surface area contributed by atoms with Crippen molar-refractivity contribution in [3.8, 4) is 11.5 Å². The van der Waals surface area contributed by atoms with Crippen LogP contribution < -0.4 is 26.8 Å². The Morgan fingerprint density at radius 1 is 1.13 bits per heavy atom. The van der Waals surface area contributed by atoms with Crippen LogP contribution in [0.1, 0.15) is 5.56 Å². The summed E-state index contributed by atoms with van der Waals surface area (Å²) in [6.45, 7) is 3.33. The number of ether oxygens (including phenoxy) is 1. The van der Waals surface area contributed by atoms with Gasteiger partial charge in [0.15, 0.2) is 23.2 Å². The number of aromatic nitrogens is 2.